The van der Waals surface area contributed by atoms with Gasteiger partial charge in [-0.15, -0.1) is 0 Å². The van der Waals surface area contributed by atoms with E-state index >= 15 is 0 Å². The molecule has 0 radical (unpaired) electrons. The summed E-state index contributed by atoms with van der Waals surface area (Å²) in [7, 11) is 0. The highest BCUT2D eigenvalue weighted by molar-refractivity contribution is 6.24. The Morgan fingerprint density at radius 2 is 1.28 bits per heavy atom. The first-order valence-corrected chi connectivity index (χ1v) is 9.72. The first kappa shape index (κ1) is 19.3. The molecule has 8 heteroatoms. The monoisotopic (exact) mass is 421 g/mol. The van der Waals surface area contributed by atoms with Gasteiger partial charge in [-0.2, -0.15) is 0 Å². The number of carbonyl (C=O) groups is 2. The number of allylic oxidation sites excluding steroid dienone is 2. The SMILES string of the molecule is O=C1C=C(Nc2ccc(O)cc2)C(=O)c2nc(-c3ccccn3)c(-c3ccccn3)nc21. The second-order valence-corrected chi connectivity index (χ2v) is 6.97. The molecule has 0 spiro atoms. The first-order chi connectivity index (χ1) is 15.6. The molecule has 1 aliphatic carbocycles. The number of phenols is 1. The second-order valence-electron chi connectivity index (χ2n) is 6.97. The number of nitrogens with zero attached hydrogens (tertiary/aromatic N) is 4. The van der Waals surface area contributed by atoms with Crippen LogP contribution in [0.1, 0.15) is 21.0 Å². The van der Waals surface area contributed by atoms with Crippen LogP contribution in [0.5, 0.6) is 5.75 Å². The van der Waals surface area contributed by atoms with Crippen molar-refractivity contribution in [3.63, 3.8) is 0 Å². The highest BCUT2D eigenvalue weighted by Gasteiger charge is 2.31. The van der Waals surface area contributed by atoms with Gasteiger partial charge < -0.3 is 10.4 Å². The molecule has 0 saturated carbocycles. The average Bonchev–Trinajstić information content (AvgIpc) is 2.84. The number of ketones is 2. The van der Waals surface area contributed by atoms with Crippen molar-refractivity contribution in [1.82, 2.24) is 19.9 Å². The fraction of sp³-hybridized carbons (Fsp3) is 0. The van der Waals surface area contributed by atoms with E-state index < -0.39 is 11.6 Å². The van der Waals surface area contributed by atoms with Gasteiger partial charge in [-0.1, -0.05) is 12.1 Å². The number of hydrogen-bond donors (Lipinski definition) is 2. The van der Waals surface area contributed by atoms with Gasteiger partial charge in [-0.25, -0.2) is 9.97 Å². The molecule has 8 nitrogen and oxygen atoms in total. The number of fused-ring (bicyclic) bond motifs is 1. The summed E-state index contributed by atoms with van der Waals surface area (Å²) in [5.74, 6) is -0.822. The average molecular weight is 421 g/mol. The number of Topliss-reactive ketones (excluding diaryl/α,β-unsaturated/α-hetero) is 1. The molecular weight excluding hydrogens is 406 g/mol. The molecule has 0 saturated heterocycles. The summed E-state index contributed by atoms with van der Waals surface area (Å²) in [6, 6.07) is 16.8. The zero-order chi connectivity index (χ0) is 22.1. The number of rotatable bonds is 4. The lowest BCUT2D eigenvalue weighted by atomic mass is 10.00. The van der Waals surface area contributed by atoms with E-state index in [2.05, 4.69) is 25.3 Å². The lowest BCUT2D eigenvalue weighted by Gasteiger charge is -2.18. The smallest absolute Gasteiger partial charge is 0.230 e. The number of anilines is 1. The van der Waals surface area contributed by atoms with Crippen molar-refractivity contribution in [2.24, 2.45) is 0 Å². The summed E-state index contributed by atoms with van der Waals surface area (Å²) in [4.78, 5) is 43.8. The molecule has 0 bridgehead atoms. The molecule has 154 valence electrons. The maximum Gasteiger partial charge on any atom is 0.230 e. The third-order valence-electron chi connectivity index (χ3n) is 4.83. The van der Waals surface area contributed by atoms with Crippen molar-refractivity contribution in [1.29, 1.82) is 0 Å². The Morgan fingerprint density at radius 3 is 1.84 bits per heavy atom. The topological polar surface area (TPSA) is 118 Å². The zero-order valence-corrected chi connectivity index (χ0v) is 16.6. The van der Waals surface area contributed by atoms with E-state index in [9.17, 15) is 14.7 Å². The Kier molecular flexibility index (Phi) is 4.72. The maximum absolute atomic E-state index is 13.2. The Labute approximate surface area is 182 Å². The van der Waals surface area contributed by atoms with Crippen molar-refractivity contribution in [3.05, 3.63) is 96.2 Å². The molecule has 1 aliphatic rings. The summed E-state index contributed by atoms with van der Waals surface area (Å²) in [5.41, 5.74) is 2.27. The predicted molar refractivity (Wildman–Crippen MR) is 117 cm³/mol. The minimum absolute atomic E-state index is 0.0356. The van der Waals surface area contributed by atoms with Crippen LogP contribution in [0.15, 0.2) is 84.8 Å². The molecule has 5 rings (SSSR count). The van der Waals surface area contributed by atoms with Crippen LogP contribution in [0.3, 0.4) is 0 Å². The quantitative estimate of drug-likeness (QED) is 0.479. The third-order valence-corrected chi connectivity index (χ3v) is 4.83. The molecule has 0 fully saturated rings. The van der Waals surface area contributed by atoms with Crippen molar-refractivity contribution < 1.29 is 14.7 Å². The van der Waals surface area contributed by atoms with Gasteiger partial charge in [0.1, 0.15) is 28.5 Å². The highest BCUT2D eigenvalue weighted by Crippen LogP contribution is 2.30. The van der Waals surface area contributed by atoms with E-state index in [1.807, 2.05) is 0 Å². The van der Waals surface area contributed by atoms with Gasteiger partial charge >= 0.3 is 0 Å². The maximum atomic E-state index is 13.2. The molecule has 1 aromatic carbocycles. The highest BCUT2D eigenvalue weighted by atomic mass is 16.3. The van der Waals surface area contributed by atoms with Gasteiger partial charge in [-0.3, -0.25) is 19.6 Å². The molecular formula is C24H15N5O3. The van der Waals surface area contributed by atoms with Gasteiger partial charge in [0.05, 0.1) is 17.1 Å². The van der Waals surface area contributed by atoms with Crippen LogP contribution >= 0.6 is 0 Å². The number of benzene rings is 1. The molecule has 0 aliphatic heterocycles. The first-order valence-electron chi connectivity index (χ1n) is 9.72. The number of aromatic nitrogens is 4. The van der Waals surface area contributed by atoms with Gasteiger partial charge in [0.2, 0.25) is 11.6 Å². The lowest BCUT2D eigenvalue weighted by Crippen LogP contribution is -2.25. The summed E-state index contributed by atoms with van der Waals surface area (Å²) >= 11 is 0. The van der Waals surface area contributed by atoms with Crippen molar-refractivity contribution in [3.8, 4) is 28.5 Å². The van der Waals surface area contributed by atoms with E-state index in [0.29, 0.717) is 28.5 Å². The van der Waals surface area contributed by atoms with Gasteiger partial charge in [0, 0.05) is 24.2 Å². The summed E-state index contributed by atoms with van der Waals surface area (Å²) in [6.45, 7) is 0. The van der Waals surface area contributed by atoms with Crippen molar-refractivity contribution in [2.75, 3.05) is 5.32 Å². The second kappa shape index (κ2) is 7.84. The molecule has 3 aromatic heterocycles. The Morgan fingerprint density at radius 1 is 0.688 bits per heavy atom. The van der Waals surface area contributed by atoms with Crippen LogP contribution in [0, 0.1) is 0 Å². The molecule has 4 aromatic rings. The van der Waals surface area contributed by atoms with Crippen LogP contribution in [-0.2, 0) is 0 Å². The number of hydrogen-bond acceptors (Lipinski definition) is 8. The largest absolute Gasteiger partial charge is 0.508 e. The van der Waals surface area contributed by atoms with Crippen LogP contribution in [0.2, 0.25) is 0 Å². The Bertz CT molecular complexity index is 1370. The molecule has 0 unspecified atom stereocenters. The van der Waals surface area contributed by atoms with E-state index in [4.69, 9.17) is 0 Å². The molecule has 3 heterocycles. The van der Waals surface area contributed by atoms with Crippen LogP contribution in [0.25, 0.3) is 22.8 Å². The number of pyridine rings is 2. The van der Waals surface area contributed by atoms with E-state index in [1.165, 1.54) is 18.2 Å². The van der Waals surface area contributed by atoms with Gasteiger partial charge in [-0.05, 0) is 48.5 Å². The normalized spacial score (nSPS) is 12.8. The third kappa shape index (κ3) is 3.50. The fourth-order valence-corrected chi connectivity index (χ4v) is 3.31. The van der Waals surface area contributed by atoms with Crippen molar-refractivity contribution in [2.45, 2.75) is 0 Å². The fourth-order valence-electron chi connectivity index (χ4n) is 3.31. The van der Waals surface area contributed by atoms with Crippen molar-refractivity contribution >= 4 is 17.3 Å². The minimum Gasteiger partial charge on any atom is -0.508 e. The van der Waals surface area contributed by atoms with Crippen LogP contribution in [-0.4, -0.2) is 36.6 Å². The number of aromatic hydroxyl groups is 1. The zero-order valence-electron chi connectivity index (χ0n) is 16.6. The van der Waals surface area contributed by atoms with E-state index in [-0.39, 0.29) is 22.8 Å². The summed E-state index contributed by atoms with van der Waals surface area (Å²) in [5, 5.41) is 12.4. The molecule has 2 N–H and O–H groups in total. The number of nitrogens with one attached hydrogen (secondary N) is 1. The summed E-state index contributed by atoms with van der Waals surface area (Å²) in [6.07, 6.45) is 4.43. The van der Waals surface area contributed by atoms with E-state index in [1.54, 1.807) is 60.9 Å². The number of phenolic OH excluding ortho intramolecular Hbond substituents is 1. The van der Waals surface area contributed by atoms with Gasteiger partial charge in [0.15, 0.2) is 0 Å². The molecule has 0 amide bonds. The molecule has 0 atom stereocenters. The minimum atomic E-state index is -0.468. The van der Waals surface area contributed by atoms with Crippen LogP contribution < -0.4 is 5.32 Å². The predicted octanol–water partition coefficient (Wildman–Crippen LogP) is 3.68. The Hall–Kier alpha value is -4.72. The Balaban J connectivity index is 1.63. The standard InChI is InChI=1S/C24H15N5O3/c30-15-9-7-14(8-10-15)27-18-13-19(31)22-23(24(18)32)29-21(17-6-2-4-12-26-17)20(28-22)16-5-1-3-11-25-16/h1-13,27,30H. The van der Waals surface area contributed by atoms with Crippen LogP contribution in [0.4, 0.5) is 5.69 Å². The molecule has 32 heavy (non-hydrogen) atoms. The summed E-state index contributed by atoms with van der Waals surface area (Å²) < 4.78 is 0. The number of carbonyl (C=O) groups excluding carboxylic acids is 2. The van der Waals surface area contributed by atoms with Gasteiger partial charge in [0.25, 0.3) is 0 Å². The lowest BCUT2D eigenvalue weighted by molar-refractivity contribution is 0.0978. The van der Waals surface area contributed by atoms with E-state index in [0.717, 1.165) is 0 Å².